The van der Waals surface area contributed by atoms with Crippen LogP contribution >= 0.6 is 0 Å². The summed E-state index contributed by atoms with van der Waals surface area (Å²) in [5.41, 5.74) is 1.11. The Hall–Kier alpha value is -3.20. The summed E-state index contributed by atoms with van der Waals surface area (Å²) < 4.78 is 5.25. The van der Waals surface area contributed by atoms with Gasteiger partial charge in [-0.25, -0.2) is 9.97 Å². The van der Waals surface area contributed by atoms with Crippen molar-refractivity contribution >= 4 is 33.6 Å². The Morgan fingerprint density at radius 2 is 2.04 bits per heavy atom. The molecular weight excluding hydrogens is 316 g/mol. The van der Waals surface area contributed by atoms with Gasteiger partial charge in [0.05, 0.1) is 11.0 Å². The lowest BCUT2D eigenvalue weighted by Crippen LogP contribution is -2.28. The first kappa shape index (κ1) is 16.7. The molecule has 0 aliphatic heterocycles. The predicted octanol–water partition coefficient (Wildman–Crippen LogP) is 3.41. The molecule has 3 rings (SSSR count). The van der Waals surface area contributed by atoms with Crippen LogP contribution in [0, 0.1) is 11.3 Å². The first-order valence-corrected chi connectivity index (χ1v) is 7.92. The molecular formula is C19H18N4O2. The van der Waals surface area contributed by atoms with Crippen LogP contribution in [-0.4, -0.2) is 28.1 Å². The number of nitrogens with one attached hydrogen (secondary N) is 1. The van der Waals surface area contributed by atoms with Crippen LogP contribution in [-0.2, 0) is 9.53 Å². The number of para-hydroxylation sites is 1. The molecule has 6 nitrogen and oxygen atoms in total. The highest BCUT2D eigenvalue weighted by atomic mass is 16.6. The summed E-state index contributed by atoms with van der Waals surface area (Å²) >= 11 is 0. The Morgan fingerprint density at radius 1 is 1.28 bits per heavy atom. The maximum atomic E-state index is 11.9. The van der Waals surface area contributed by atoms with E-state index >= 15 is 0 Å². The first-order chi connectivity index (χ1) is 11.9. The Labute approximate surface area is 145 Å². The van der Waals surface area contributed by atoms with Gasteiger partial charge in [-0.05, 0) is 32.9 Å². The van der Waals surface area contributed by atoms with E-state index in [0.29, 0.717) is 16.9 Å². The molecule has 25 heavy (non-hydrogen) atoms. The Morgan fingerprint density at radius 3 is 2.76 bits per heavy atom. The van der Waals surface area contributed by atoms with Crippen molar-refractivity contribution in [2.24, 2.45) is 0 Å². The van der Waals surface area contributed by atoms with Gasteiger partial charge in [0, 0.05) is 17.0 Å². The number of pyridine rings is 2. The van der Waals surface area contributed by atoms with Gasteiger partial charge in [-0.1, -0.05) is 18.2 Å². The molecule has 1 aromatic carbocycles. The molecule has 1 N–H and O–H groups in total. The summed E-state index contributed by atoms with van der Waals surface area (Å²) in [5.74, 6) is -0.0894. The number of carbonyl (C=O) groups excluding carboxylic acids is 1. The van der Waals surface area contributed by atoms with E-state index in [9.17, 15) is 10.1 Å². The summed E-state index contributed by atoms with van der Waals surface area (Å²) in [6, 6.07) is 11.8. The second-order valence-electron chi connectivity index (χ2n) is 6.65. The number of nitriles is 1. The summed E-state index contributed by atoms with van der Waals surface area (Å²) in [6.45, 7) is 5.33. The lowest BCUT2D eigenvalue weighted by Gasteiger charge is -2.19. The molecule has 126 valence electrons. The molecule has 0 unspecified atom stereocenters. The fourth-order valence-corrected chi connectivity index (χ4v) is 2.52. The van der Waals surface area contributed by atoms with Crippen molar-refractivity contribution in [1.82, 2.24) is 9.97 Å². The van der Waals surface area contributed by atoms with Crippen molar-refractivity contribution in [1.29, 1.82) is 5.26 Å². The summed E-state index contributed by atoms with van der Waals surface area (Å²) in [4.78, 5) is 20.7. The van der Waals surface area contributed by atoms with Gasteiger partial charge in [0.2, 0.25) is 0 Å². The number of rotatable bonds is 3. The third-order valence-corrected chi connectivity index (χ3v) is 3.49. The number of nitrogens with zero attached hydrogens (tertiary/aromatic N) is 3. The van der Waals surface area contributed by atoms with E-state index in [1.54, 1.807) is 27.0 Å². The number of fused-ring (bicyclic) bond motifs is 2. The largest absolute Gasteiger partial charge is 0.459 e. The highest BCUT2D eigenvalue weighted by molar-refractivity contribution is 5.96. The normalized spacial score (nSPS) is 11.3. The summed E-state index contributed by atoms with van der Waals surface area (Å²) in [5, 5.41) is 14.2. The number of ether oxygens (including phenoxy) is 1. The van der Waals surface area contributed by atoms with Crippen molar-refractivity contribution in [3.63, 3.8) is 0 Å². The number of hydrogen-bond donors (Lipinski definition) is 1. The molecule has 0 saturated carbocycles. The average molecular weight is 334 g/mol. The van der Waals surface area contributed by atoms with Crippen molar-refractivity contribution < 1.29 is 9.53 Å². The highest BCUT2D eigenvalue weighted by Crippen LogP contribution is 2.25. The van der Waals surface area contributed by atoms with Crippen LogP contribution in [0.15, 0.2) is 36.5 Å². The standard InChI is InChI=1S/C19H18N4O2/c1-19(2,3)25-16(24)11-22-18-14(9-20)17-13(10-21-18)8-12-6-4-5-7-15(12)23-17/h4-8,10H,11H2,1-3H3,(H,21,22). The Bertz CT molecular complexity index is 1000. The second-order valence-corrected chi connectivity index (χ2v) is 6.65. The first-order valence-electron chi connectivity index (χ1n) is 7.92. The predicted molar refractivity (Wildman–Crippen MR) is 96.1 cm³/mol. The molecule has 2 heterocycles. The van der Waals surface area contributed by atoms with E-state index in [1.807, 2.05) is 30.3 Å². The maximum Gasteiger partial charge on any atom is 0.325 e. The second kappa shape index (κ2) is 6.36. The Balaban J connectivity index is 1.95. The lowest BCUT2D eigenvalue weighted by atomic mass is 10.1. The van der Waals surface area contributed by atoms with Gasteiger partial charge in [0.15, 0.2) is 0 Å². The van der Waals surface area contributed by atoms with Crippen LogP contribution in [0.4, 0.5) is 5.82 Å². The van der Waals surface area contributed by atoms with Gasteiger partial charge in [0.25, 0.3) is 0 Å². The van der Waals surface area contributed by atoms with Crippen LogP contribution < -0.4 is 5.32 Å². The van der Waals surface area contributed by atoms with Crippen LogP contribution in [0.1, 0.15) is 26.3 Å². The quantitative estimate of drug-likeness (QED) is 0.583. The zero-order valence-corrected chi connectivity index (χ0v) is 14.3. The fourth-order valence-electron chi connectivity index (χ4n) is 2.52. The van der Waals surface area contributed by atoms with Crippen LogP contribution in [0.2, 0.25) is 0 Å². The minimum atomic E-state index is -0.561. The smallest absolute Gasteiger partial charge is 0.325 e. The number of anilines is 1. The van der Waals surface area contributed by atoms with Crippen LogP contribution in [0.3, 0.4) is 0 Å². The average Bonchev–Trinajstić information content (AvgIpc) is 2.56. The number of hydrogen-bond acceptors (Lipinski definition) is 6. The summed E-state index contributed by atoms with van der Waals surface area (Å²) in [6.07, 6.45) is 1.65. The van der Waals surface area contributed by atoms with Gasteiger partial charge >= 0.3 is 5.97 Å². The van der Waals surface area contributed by atoms with E-state index in [4.69, 9.17) is 4.74 Å². The zero-order chi connectivity index (χ0) is 18.0. The van der Waals surface area contributed by atoms with Gasteiger partial charge < -0.3 is 10.1 Å². The van der Waals surface area contributed by atoms with Crippen molar-refractivity contribution in [3.05, 3.63) is 42.1 Å². The molecule has 0 aliphatic carbocycles. The minimum Gasteiger partial charge on any atom is -0.459 e. The number of benzene rings is 1. The van der Waals surface area contributed by atoms with Crippen LogP contribution in [0.5, 0.6) is 0 Å². The minimum absolute atomic E-state index is 0.0714. The van der Waals surface area contributed by atoms with E-state index in [0.717, 1.165) is 16.3 Å². The molecule has 0 radical (unpaired) electrons. The van der Waals surface area contributed by atoms with Gasteiger partial charge in [-0.15, -0.1) is 0 Å². The number of aromatic nitrogens is 2. The fraction of sp³-hybridized carbons (Fsp3) is 0.263. The lowest BCUT2D eigenvalue weighted by molar-refractivity contribution is -0.152. The third kappa shape index (κ3) is 3.66. The molecule has 0 atom stereocenters. The molecule has 0 saturated heterocycles. The Kier molecular flexibility index (Phi) is 4.24. The topological polar surface area (TPSA) is 87.9 Å². The molecule has 0 spiro atoms. The zero-order valence-electron chi connectivity index (χ0n) is 14.3. The van der Waals surface area contributed by atoms with Crippen LogP contribution in [0.25, 0.3) is 21.8 Å². The van der Waals surface area contributed by atoms with E-state index in [2.05, 4.69) is 21.4 Å². The van der Waals surface area contributed by atoms with Crippen molar-refractivity contribution in [2.45, 2.75) is 26.4 Å². The monoisotopic (exact) mass is 334 g/mol. The molecule has 0 aliphatic rings. The van der Waals surface area contributed by atoms with Crippen molar-refractivity contribution in [3.8, 4) is 6.07 Å². The highest BCUT2D eigenvalue weighted by Gasteiger charge is 2.17. The van der Waals surface area contributed by atoms with Crippen molar-refractivity contribution in [2.75, 3.05) is 11.9 Å². The molecule has 6 heteroatoms. The van der Waals surface area contributed by atoms with E-state index in [1.165, 1.54) is 0 Å². The molecule has 0 amide bonds. The van der Waals surface area contributed by atoms with E-state index < -0.39 is 11.6 Å². The maximum absolute atomic E-state index is 11.9. The van der Waals surface area contributed by atoms with E-state index in [-0.39, 0.29) is 6.54 Å². The van der Waals surface area contributed by atoms with Gasteiger partial charge in [-0.2, -0.15) is 5.26 Å². The third-order valence-electron chi connectivity index (χ3n) is 3.49. The molecule has 2 aromatic heterocycles. The SMILES string of the molecule is CC(C)(C)OC(=O)CNc1ncc2cc3ccccc3nc2c1C#N. The molecule has 0 fully saturated rings. The molecule has 0 bridgehead atoms. The van der Waals surface area contributed by atoms with Gasteiger partial charge in [-0.3, -0.25) is 4.79 Å². The number of carbonyl (C=O) groups is 1. The molecule has 3 aromatic rings. The summed E-state index contributed by atoms with van der Waals surface area (Å²) in [7, 11) is 0. The van der Waals surface area contributed by atoms with Gasteiger partial charge in [0.1, 0.15) is 29.6 Å². The number of esters is 1.